The number of nitrogens with one attached hydrogen (secondary N) is 2. The van der Waals surface area contributed by atoms with Gasteiger partial charge in [0.25, 0.3) is 11.8 Å². The quantitative estimate of drug-likeness (QED) is 0.533. The Hall–Kier alpha value is -3.33. The zero-order valence-electron chi connectivity index (χ0n) is 13.5. The fourth-order valence-electron chi connectivity index (χ4n) is 2.41. The van der Waals surface area contributed by atoms with Crippen LogP contribution in [0.4, 0.5) is 0 Å². The third-order valence-electron chi connectivity index (χ3n) is 3.64. The van der Waals surface area contributed by atoms with Gasteiger partial charge >= 0.3 is 0 Å². The van der Waals surface area contributed by atoms with Gasteiger partial charge in [-0.25, -0.2) is 0 Å². The number of thiophene rings is 1. The molecule has 0 saturated heterocycles. The standard InChI is InChI=1S/C17H15N5O3S/c18-16(24)15(23)13(8-10-4-3-7-26-10)21-17(25)11-9-20-22-14(11)12-5-1-2-6-19-12/h1-7,9,13H,8H2,(H2,18,24)(H,20,22)(H,21,25). The highest BCUT2D eigenvalue weighted by Gasteiger charge is 2.27. The van der Waals surface area contributed by atoms with Crippen LogP contribution in [0.15, 0.2) is 48.1 Å². The molecule has 9 heteroatoms. The minimum atomic E-state index is -1.09. The number of aromatic amines is 1. The van der Waals surface area contributed by atoms with Gasteiger partial charge in [-0.3, -0.25) is 24.5 Å². The molecule has 0 aliphatic rings. The Labute approximate surface area is 152 Å². The summed E-state index contributed by atoms with van der Waals surface area (Å²) in [5.74, 6) is -2.49. The van der Waals surface area contributed by atoms with Crippen molar-refractivity contribution in [3.8, 4) is 11.4 Å². The SMILES string of the molecule is NC(=O)C(=O)C(Cc1cccs1)NC(=O)c1c[nH]nc1-c1ccccn1. The monoisotopic (exact) mass is 369 g/mol. The zero-order chi connectivity index (χ0) is 18.5. The Morgan fingerprint density at radius 2 is 2.08 bits per heavy atom. The van der Waals surface area contributed by atoms with Crippen LogP contribution in [0.1, 0.15) is 15.2 Å². The van der Waals surface area contributed by atoms with E-state index in [1.54, 1.807) is 24.4 Å². The predicted octanol–water partition coefficient (Wildman–Crippen LogP) is 0.929. The van der Waals surface area contributed by atoms with Crippen LogP contribution in [0.25, 0.3) is 11.4 Å². The fraction of sp³-hybridized carbons (Fsp3) is 0.118. The van der Waals surface area contributed by atoms with E-state index in [4.69, 9.17) is 5.73 Å². The van der Waals surface area contributed by atoms with Crippen molar-refractivity contribution in [3.63, 3.8) is 0 Å². The van der Waals surface area contributed by atoms with Gasteiger partial charge in [0.1, 0.15) is 11.7 Å². The Balaban J connectivity index is 1.83. The molecule has 132 valence electrons. The maximum Gasteiger partial charge on any atom is 0.287 e. The van der Waals surface area contributed by atoms with E-state index < -0.39 is 23.6 Å². The van der Waals surface area contributed by atoms with Gasteiger partial charge in [0.2, 0.25) is 5.78 Å². The van der Waals surface area contributed by atoms with Crippen molar-refractivity contribution >= 4 is 28.9 Å². The second kappa shape index (κ2) is 7.70. The van der Waals surface area contributed by atoms with Gasteiger partial charge in [-0.2, -0.15) is 5.10 Å². The summed E-state index contributed by atoms with van der Waals surface area (Å²) >= 11 is 1.42. The Bertz CT molecular complexity index is 921. The van der Waals surface area contributed by atoms with Crippen LogP contribution in [0, 0.1) is 0 Å². The molecule has 2 amide bonds. The van der Waals surface area contributed by atoms with Crippen molar-refractivity contribution in [3.05, 3.63) is 58.5 Å². The van der Waals surface area contributed by atoms with Gasteiger partial charge in [0, 0.05) is 23.7 Å². The topological polar surface area (TPSA) is 131 Å². The molecular formula is C17H15N5O3S. The molecule has 0 bridgehead atoms. The molecule has 3 aromatic rings. The van der Waals surface area contributed by atoms with Crippen molar-refractivity contribution in [2.24, 2.45) is 5.73 Å². The largest absolute Gasteiger partial charge is 0.363 e. The molecule has 1 atom stereocenters. The number of primary amides is 1. The summed E-state index contributed by atoms with van der Waals surface area (Å²) in [6.07, 6.45) is 3.18. The molecule has 3 rings (SSSR count). The molecule has 0 saturated carbocycles. The number of Topliss-reactive ketones (excluding diaryl/α,β-unsaturated/α-hetero) is 1. The van der Waals surface area contributed by atoms with Crippen molar-refractivity contribution in [1.29, 1.82) is 0 Å². The van der Waals surface area contributed by atoms with E-state index in [0.717, 1.165) is 4.88 Å². The van der Waals surface area contributed by atoms with Crippen LogP contribution in [0.3, 0.4) is 0 Å². The summed E-state index contributed by atoms with van der Waals surface area (Å²) in [5.41, 5.74) is 6.20. The molecule has 3 aromatic heterocycles. The maximum absolute atomic E-state index is 12.7. The summed E-state index contributed by atoms with van der Waals surface area (Å²) in [7, 11) is 0. The molecule has 0 aliphatic heterocycles. The average molecular weight is 369 g/mol. The first-order valence-electron chi connectivity index (χ1n) is 7.68. The number of carbonyl (C=O) groups excluding carboxylic acids is 3. The first-order valence-corrected chi connectivity index (χ1v) is 8.56. The molecular weight excluding hydrogens is 354 g/mol. The van der Waals surface area contributed by atoms with Crippen LogP contribution in [0.2, 0.25) is 0 Å². The van der Waals surface area contributed by atoms with Gasteiger partial charge in [-0.15, -0.1) is 11.3 Å². The molecule has 8 nitrogen and oxygen atoms in total. The number of nitrogens with two attached hydrogens (primary N) is 1. The number of carbonyl (C=O) groups is 3. The lowest BCUT2D eigenvalue weighted by atomic mass is 10.1. The fourth-order valence-corrected chi connectivity index (χ4v) is 3.16. The lowest BCUT2D eigenvalue weighted by Gasteiger charge is -2.15. The minimum absolute atomic E-state index is 0.182. The van der Waals surface area contributed by atoms with Gasteiger partial charge in [-0.1, -0.05) is 12.1 Å². The van der Waals surface area contributed by atoms with Gasteiger partial charge < -0.3 is 11.1 Å². The lowest BCUT2D eigenvalue weighted by molar-refractivity contribution is -0.137. The highest BCUT2D eigenvalue weighted by molar-refractivity contribution is 7.09. The highest BCUT2D eigenvalue weighted by atomic mass is 32.1. The number of aromatic nitrogens is 3. The van der Waals surface area contributed by atoms with E-state index in [9.17, 15) is 14.4 Å². The number of ketones is 1. The number of hydrogen-bond donors (Lipinski definition) is 3. The van der Waals surface area contributed by atoms with E-state index in [-0.39, 0.29) is 12.0 Å². The number of H-pyrrole nitrogens is 1. The minimum Gasteiger partial charge on any atom is -0.363 e. The first kappa shape index (κ1) is 17.5. The Kier molecular flexibility index (Phi) is 5.18. The Morgan fingerprint density at radius 3 is 2.73 bits per heavy atom. The maximum atomic E-state index is 12.7. The molecule has 0 aromatic carbocycles. The van der Waals surface area contributed by atoms with Crippen LogP contribution in [-0.2, 0) is 16.0 Å². The van der Waals surface area contributed by atoms with Crippen LogP contribution in [0.5, 0.6) is 0 Å². The van der Waals surface area contributed by atoms with Crippen LogP contribution >= 0.6 is 11.3 Å². The van der Waals surface area contributed by atoms with Crippen LogP contribution in [-0.4, -0.2) is 38.8 Å². The molecule has 0 fully saturated rings. The smallest absolute Gasteiger partial charge is 0.287 e. The molecule has 4 N–H and O–H groups in total. The zero-order valence-corrected chi connectivity index (χ0v) is 14.3. The summed E-state index contributed by atoms with van der Waals surface area (Å²) in [4.78, 5) is 41.1. The number of pyridine rings is 1. The van der Waals surface area contributed by atoms with E-state index in [2.05, 4.69) is 20.5 Å². The van der Waals surface area contributed by atoms with Crippen molar-refractivity contribution < 1.29 is 14.4 Å². The number of nitrogens with zero attached hydrogens (tertiary/aromatic N) is 2. The lowest BCUT2D eigenvalue weighted by Crippen LogP contribution is -2.47. The summed E-state index contributed by atoms with van der Waals surface area (Å²) in [5, 5.41) is 11.1. The average Bonchev–Trinajstić information content (AvgIpc) is 3.32. The summed E-state index contributed by atoms with van der Waals surface area (Å²) in [6.45, 7) is 0. The third kappa shape index (κ3) is 3.83. The first-order chi connectivity index (χ1) is 12.6. The van der Waals surface area contributed by atoms with Crippen LogP contribution < -0.4 is 11.1 Å². The van der Waals surface area contributed by atoms with E-state index in [1.807, 2.05) is 17.5 Å². The van der Waals surface area contributed by atoms with E-state index >= 15 is 0 Å². The normalized spacial score (nSPS) is 11.7. The van der Waals surface area contributed by atoms with Crippen molar-refractivity contribution in [1.82, 2.24) is 20.5 Å². The van der Waals surface area contributed by atoms with Crippen molar-refractivity contribution in [2.45, 2.75) is 12.5 Å². The highest BCUT2D eigenvalue weighted by Crippen LogP contribution is 2.19. The molecule has 0 radical (unpaired) electrons. The van der Waals surface area contributed by atoms with Gasteiger partial charge in [-0.05, 0) is 23.6 Å². The van der Waals surface area contributed by atoms with E-state index in [1.165, 1.54) is 17.5 Å². The third-order valence-corrected chi connectivity index (χ3v) is 4.54. The second-order valence-corrected chi connectivity index (χ2v) is 6.43. The molecule has 0 aliphatic carbocycles. The van der Waals surface area contributed by atoms with E-state index in [0.29, 0.717) is 11.4 Å². The van der Waals surface area contributed by atoms with Gasteiger partial charge in [0.15, 0.2) is 0 Å². The molecule has 1 unspecified atom stereocenters. The second-order valence-electron chi connectivity index (χ2n) is 5.40. The number of amides is 2. The number of hydrogen-bond acceptors (Lipinski definition) is 6. The van der Waals surface area contributed by atoms with Gasteiger partial charge in [0.05, 0.1) is 11.3 Å². The van der Waals surface area contributed by atoms with Crippen molar-refractivity contribution in [2.75, 3.05) is 0 Å². The molecule has 0 spiro atoms. The number of rotatable bonds is 7. The summed E-state index contributed by atoms with van der Waals surface area (Å²) < 4.78 is 0. The molecule has 26 heavy (non-hydrogen) atoms. The summed E-state index contributed by atoms with van der Waals surface area (Å²) in [6, 6.07) is 7.82. The Morgan fingerprint density at radius 1 is 1.23 bits per heavy atom. The molecule has 3 heterocycles. The predicted molar refractivity (Wildman–Crippen MR) is 95.3 cm³/mol.